The second-order valence-corrected chi connectivity index (χ2v) is 6.74. The fraction of sp³-hybridized carbons (Fsp3) is 0.381. The van der Waals surface area contributed by atoms with E-state index in [1.807, 2.05) is 48.5 Å². The first-order chi connectivity index (χ1) is 12.2. The summed E-state index contributed by atoms with van der Waals surface area (Å²) in [7, 11) is 0. The van der Waals surface area contributed by atoms with Gasteiger partial charge in [-0.05, 0) is 48.2 Å². The molecule has 3 rings (SSSR count). The number of nitrogen functional groups attached to an aromatic ring is 1. The molecule has 1 aliphatic rings. The first-order valence-corrected chi connectivity index (χ1v) is 9.04. The molecule has 26 heavy (non-hydrogen) atoms. The Morgan fingerprint density at radius 3 is 2.50 bits per heavy atom. The summed E-state index contributed by atoms with van der Waals surface area (Å²) < 4.78 is 6.01. The van der Waals surface area contributed by atoms with Crippen LogP contribution in [0.3, 0.4) is 0 Å². The number of hydrogen-bond donors (Lipinski definition) is 2. The van der Waals surface area contributed by atoms with E-state index in [9.17, 15) is 4.79 Å². The fourth-order valence-corrected chi connectivity index (χ4v) is 3.21. The lowest BCUT2D eigenvalue weighted by molar-refractivity contribution is -0.115. The van der Waals surface area contributed by atoms with Gasteiger partial charge in [-0.1, -0.05) is 43.5 Å². The van der Waals surface area contributed by atoms with Gasteiger partial charge in [-0.3, -0.25) is 4.79 Å². The number of nitrogens with two attached hydrogens (primary N) is 1. The van der Waals surface area contributed by atoms with Gasteiger partial charge in [0.05, 0.1) is 19.1 Å². The van der Waals surface area contributed by atoms with Crippen molar-refractivity contribution in [3.8, 4) is 0 Å². The molecular weight excluding hydrogens is 348 g/mol. The van der Waals surface area contributed by atoms with E-state index in [-0.39, 0.29) is 18.3 Å². The van der Waals surface area contributed by atoms with Gasteiger partial charge in [0.25, 0.3) is 0 Å². The maximum atomic E-state index is 12.2. The highest BCUT2D eigenvalue weighted by atomic mass is 35.5. The van der Waals surface area contributed by atoms with Crippen LogP contribution in [0.1, 0.15) is 43.2 Å². The van der Waals surface area contributed by atoms with Crippen LogP contribution >= 0.6 is 12.4 Å². The van der Waals surface area contributed by atoms with Gasteiger partial charge in [0.1, 0.15) is 0 Å². The molecule has 2 aromatic rings. The normalized spacial score (nSPS) is 14.5. The van der Waals surface area contributed by atoms with Gasteiger partial charge >= 0.3 is 0 Å². The number of anilines is 2. The van der Waals surface area contributed by atoms with Crippen LogP contribution < -0.4 is 11.1 Å². The quantitative estimate of drug-likeness (QED) is 0.719. The number of amides is 1. The molecule has 0 saturated heterocycles. The molecule has 1 amide bonds. The van der Waals surface area contributed by atoms with E-state index in [1.54, 1.807) is 0 Å². The summed E-state index contributed by atoms with van der Waals surface area (Å²) in [6.07, 6.45) is 6.92. The molecule has 3 N–H and O–H groups in total. The predicted molar refractivity (Wildman–Crippen MR) is 109 cm³/mol. The predicted octanol–water partition coefficient (Wildman–Crippen LogP) is 4.72. The lowest BCUT2D eigenvalue weighted by Crippen LogP contribution is -2.16. The zero-order valence-electron chi connectivity index (χ0n) is 14.9. The molecule has 0 radical (unpaired) electrons. The average Bonchev–Trinajstić information content (AvgIpc) is 2.63. The maximum absolute atomic E-state index is 12.2. The van der Waals surface area contributed by atoms with E-state index in [4.69, 9.17) is 10.5 Å². The Balaban J connectivity index is 0.00000243. The van der Waals surface area contributed by atoms with Crippen molar-refractivity contribution in [2.75, 3.05) is 11.1 Å². The Bertz CT molecular complexity index is 697. The van der Waals surface area contributed by atoms with Crippen molar-refractivity contribution in [2.24, 2.45) is 0 Å². The number of rotatable bonds is 6. The molecule has 2 aromatic carbocycles. The Morgan fingerprint density at radius 2 is 1.77 bits per heavy atom. The second kappa shape index (κ2) is 10.2. The third kappa shape index (κ3) is 6.36. The summed E-state index contributed by atoms with van der Waals surface area (Å²) in [6.45, 7) is 0.604. The number of carbonyl (C=O) groups excluding carboxylic acids is 1. The topological polar surface area (TPSA) is 64.4 Å². The molecule has 0 heterocycles. The van der Waals surface area contributed by atoms with Crippen molar-refractivity contribution in [1.82, 2.24) is 0 Å². The fourth-order valence-electron chi connectivity index (χ4n) is 3.21. The van der Waals surface area contributed by atoms with E-state index in [1.165, 1.54) is 19.3 Å². The number of nitrogens with one attached hydrogen (secondary N) is 1. The molecule has 4 nitrogen and oxygen atoms in total. The van der Waals surface area contributed by atoms with Crippen LogP contribution in [0, 0.1) is 0 Å². The third-order valence-electron chi connectivity index (χ3n) is 4.59. The lowest BCUT2D eigenvalue weighted by Gasteiger charge is -2.22. The molecule has 140 valence electrons. The molecule has 0 atom stereocenters. The van der Waals surface area contributed by atoms with E-state index in [0.717, 1.165) is 29.7 Å². The van der Waals surface area contributed by atoms with Crippen molar-refractivity contribution in [2.45, 2.75) is 51.2 Å². The summed E-state index contributed by atoms with van der Waals surface area (Å²) in [5.41, 5.74) is 9.22. The van der Waals surface area contributed by atoms with Crippen molar-refractivity contribution < 1.29 is 9.53 Å². The highest BCUT2D eigenvalue weighted by Crippen LogP contribution is 2.22. The summed E-state index contributed by atoms with van der Waals surface area (Å²) >= 11 is 0. The van der Waals surface area contributed by atoms with Crippen molar-refractivity contribution in [3.63, 3.8) is 0 Å². The highest BCUT2D eigenvalue weighted by Gasteiger charge is 2.13. The summed E-state index contributed by atoms with van der Waals surface area (Å²) in [5.74, 6) is -0.0323. The number of hydrogen-bond acceptors (Lipinski definition) is 3. The van der Waals surface area contributed by atoms with Gasteiger partial charge in [0.15, 0.2) is 0 Å². The highest BCUT2D eigenvalue weighted by molar-refractivity contribution is 5.92. The van der Waals surface area contributed by atoms with Crippen LogP contribution in [0.2, 0.25) is 0 Å². The van der Waals surface area contributed by atoms with Crippen LogP contribution in [-0.4, -0.2) is 12.0 Å². The SMILES string of the molecule is Cl.Nc1ccc(CC(=O)Nc2cccc(COC3CCCCC3)c2)cc1. The molecule has 0 aromatic heterocycles. The van der Waals surface area contributed by atoms with E-state index >= 15 is 0 Å². The van der Waals surface area contributed by atoms with Crippen LogP contribution in [0.4, 0.5) is 11.4 Å². The molecular formula is C21H27ClN2O2. The van der Waals surface area contributed by atoms with Crippen LogP contribution in [0.15, 0.2) is 48.5 Å². The van der Waals surface area contributed by atoms with Crippen LogP contribution in [0.25, 0.3) is 0 Å². The number of benzene rings is 2. The van der Waals surface area contributed by atoms with Gasteiger partial charge < -0.3 is 15.8 Å². The lowest BCUT2D eigenvalue weighted by atomic mass is 9.98. The maximum Gasteiger partial charge on any atom is 0.228 e. The zero-order valence-corrected chi connectivity index (χ0v) is 15.8. The Labute approximate surface area is 161 Å². The first-order valence-electron chi connectivity index (χ1n) is 9.04. The van der Waals surface area contributed by atoms with Gasteiger partial charge in [-0.25, -0.2) is 0 Å². The zero-order chi connectivity index (χ0) is 17.5. The monoisotopic (exact) mass is 374 g/mol. The number of halogens is 1. The minimum Gasteiger partial charge on any atom is -0.399 e. The molecule has 0 bridgehead atoms. The van der Waals surface area contributed by atoms with Crippen molar-refractivity contribution >= 4 is 29.7 Å². The largest absolute Gasteiger partial charge is 0.399 e. The van der Waals surface area contributed by atoms with Gasteiger partial charge in [0.2, 0.25) is 5.91 Å². The van der Waals surface area contributed by atoms with E-state index in [2.05, 4.69) is 5.32 Å². The molecule has 1 saturated carbocycles. The molecule has 0 spiro atoms. The number of ether oxygens (including phenoxy) is 1. The van der Waals surface area contributed by atoms with Gasteiger partial charge in [-0.2, -0.15) is 0 Å². The van der Waals surface area contributed by atoms with Gasteiger partial charge in [-0.15, -0.1) is 12.4 Å². The van der Waals surface area contributed by atoms with Gasteiger partial charge in [0, 0.05) is 11.4 Å². The first kappa shape index (κ1) is 20.3. The second-order valence-electron chi connectivity index (χ2n) is 6.74. The average molecular weight is 375 g/mol. The molecule has 1 aliphatic carbocycles. The smallest absolute Gasteiger partial charge is 0.228 e. The van der Waals surface area contributed by atoms with Crippen molar-refractivity contribution in [3.05, 3.63) is 59.7 Å². The summed E-state index contributed by atoms with van der Waals surface area (Å²) in [6, 6.07) is 15.3. The van der Waals surface area contributed by atoms with E-state index in [0.29, 0.717) is 24.8 Å². The van der Waals surface area contributed by atoms with Crippen molar-refractivity contribution in [1.29, 1.82) is 0 Å². The minimum absolute atomic E-state index is 0. The Hall–Kier alpha value is -2.04. The van der Waals surface area contributed by atoms with E-state index < -0.39 is 0 Å². The molecule has 0 aliphatic heterocycles. The molecule has 5 heteroatoms. The summed E-state index contributed by atoms with van der Waals surface area (Å²) in [5, 5.41) is 2.96. The Kier molecular flexibility index (Phi) is 7.95. The third-order valence-corrected chi connectivity index (χ3v) is 4.59. The Morgan fingerprint density at radius 1 is 1.04 bits per heavy atom. The van der Waals surface area contributed by atoms with Crippen LogP contribution in [0.5, 0.6) is 0 Å². The minimum atomic E-state index is -0.0323. The van der Waals surface area contributed by atoms with Crippen LogP contribution in [-0.2, 0) is 22.6 Å². The molecule has 1 fully saturated rings. The summed E-state index contributed by atoms with van der Waals surface area (Å²) in [4.78, 5) is 12.2. The number of carbonyl (C=O) groups is 1. The molecule has 0 unspecified atom stereocenters. The standard InChI is InChI=1S/C21H26N2O2.ClH/c22-18-11-9-16(10-12-18)14-21(24)23-19-6-4-5-17(13-19)15-25-20-7-2-1-3-8-20;/h4-6,9-13,20H,1-3,7-8,14-15,22H2,(H,23,24);1H.